The van der Waals surface area contributed by atoms with Crippen LogP contribution < -0.4 is 5.32 Å². The number of thioether (sulfide) groups is 1. The number of anilines is 1. The lowest BCUT2D eigenvalue weighted by Crippen LogP contribution is -2.13. The Hall–Kier alpha value is -3.20. The van der Waals surface area contributed by atoms with E-state index in [4.69, 9.17) is 4.52 Å². The predicted molar refractivity (Wildman–Crippen MR) is 116 cm³/mol. The lowest BCUT2D eigenvalue weighted by molar-refractivity contribution is -0.387. The van der Waals surface area contributed by atoms with Crippen molar-refractivity contribution in [1.29, 1.82) is 0 Å². The Kier molecular flexibility index (Phi) is 6.83. The lowest BCUT2D eigenvalue weighted by Gasteiger charge is -2.10. The first-order chi connectivity index (χ1) is 14.3. The number of nitrogens with zero attached hydrogens (tertiary/aromatic N) is 3. The summed E-state index contributed by atoms with van der Waals surface area (Å²) >= 11 is 1.43. The van der Waals surface area contributed by atoms with Crippen LogP contribution in [0.4, 0.5) is 11.4 Å². The number of amides is 1. The molecule has 1 aromatic heterocycles. The van der Waals surface area contributed by atoms with Gasteiger partial charge in [-0.3, -0.25) is 14.9 Å². The average Bonchev–Trinajstić information content (AvgIpc) is 3.14. The summed E-state index contributed by atoms with van der Waals surface area (Å²) in [4.78, 5) is 28.6. The molecule has 2 aromatic carbocycles. The van der Waals surface area contributed by atoms with E-state index in [1.165, 1.54) is 17.8 Å². The third-order valence-electron chi connectivity index (χ3n) is 4.31. The van der Waals surface area contributed by atoms with E-state index >= 15 is 0 Å². The van der Waals surface area contributed by atoms with Gasteiger partial charge in [-0.1, -0.05) is 31.1 Å². The van der Waals surface area contributed by atoms with Gasteiger partial charge in [-0.05, 0) is 42.4 Å². The molecule has 9 heteroatoms. The summed E-state index contributed by atoms with van der Waals surface area (Å²) in [6.07, 6.45) is 0.955. The summed E-state index contributed by atoms with van der Waals surface area (Å²) < 4.78 is 5.01. The molecule has 0 atom stereocenters. The average molecular weight is 426 g/mol. The number of hydrogen-bond acceptors (Lipinski definition) is 7. The van der Waals surface area contributed by atoms with Gasteiger partial charge in [-0.25, -0.2) is 0 Å². The normalized spacial score (nSPS) is 10.9. The second kappa shape index (κ2) is 9.53. The van der Waals surface area contributed by atoms with Crippen molar-refractivity contribution >= 4 is 29.0 Å². The maximum absolute atomic E-state index is 12.8. The van der Waals surface area contributed by atoms with Crippen LogP contribution in [0.1, 0.15) is 36.5 Å². The van der Waals surface area contributed by atoms with Gasteiger partial charge in [0.05, 0.1) is 15.5 Å². The van der Waals surface area contributed by atoms with Crippen LogP contribution in [0.2, 0.25) is 0 Å². The van der Waals surface area contributed by atoms with E-state index in [0.717, 1.165) is 12.2 Å². The molecule has 30 heavy (non-hydrogen) atoms. The standard InChI is InChI=1S/C21H22N4O4S/c1-13(2)10-11-30-19-9-8-15(12-18(19)25(27)28)21(26)23-17-7-5-4-6-16(17)20-22-14(3)29-24-20/h4-9,12-13H,10-11H2,1-3H3,(H,23,26). The van der Waals surface area contributed by atoms with Crippen molar-refractivity contribution in [3.63, 3.8) is 0 Å². The van der Waals surface area contributed by atoms with Crippen molar-refractivity contribution in [3.05, 3.63) is 64.0 Å². The van der Waals surface area contributed by atoms with Crippen molar-refractivity contribution in [2.75, 3.05) is 11.1 Å². The molecule has 1 N–H and O–H groups in total. The number of carbonyl (C=O) groups excluding carboxylic acids is 1. The van der Waals surface area contributed by atoms with Gasteiger partial charge in [-0.15, -0.1) is 11.8 Å². The second-order valence-electron chi connectivity index (χ2n) is 7.11. The van der Waals surface area contributed by atoms with Crippen molar-refractivity contribution in [3.8, 4) is 11.4 Å². The molecule has 0 fully saturated rings. The highest BCUT2D eigenvalue weighted by Gasteiger charge is 2.19. The molecule has 1 heterocycles. The summed E-state index contributed by atoms with van der Waals surface area (Å²) in [5.74, 6) is 1.61. The molecule has 0 saturated carbocycles. The molecule has 0 radical (unpaired) electrons. The topological polar surface area (TPSA) is 111 Å². The molecule has 0 spiro atoms. The highest BCUT2D eigenvalue weighted by Crippen LogP contribution is 2.32. The molecule has 0 saturated heterocycles. The zero-order valence-electron chi connectivity index (χ0n) is 16.9. The van der Waals surface area contributed by atoms with E-state index in [9.17, 15) is 14.9 Å². The molecule has 8 nitrogen and oxygen atoms in total. The molecule has 1 amide bonds. The minimum absolute atomic E-state index is 0.0708. The maximum atomic E-state index is 12.8. The molecular weight excluding hydrogens is 404 g/mol. The number of rotatable bonds is 8. The van der Waals surface area contributed by atoms with Crippen LogP contribution in [0.15, 0.2) is 51.9 Å². The van der Waals surface area contributed by atoms with E-state index in [1.807, 2.05) is 0 Å². The van der Waals surface area contributed by atoms with E-state index in [1.54, 1.807) is 43.3 Å². The number of carbonyl (C=O) groups is 1. The van der Waals surface area contributed by atoms with Gasteiger partial charge >= 0.3 is 0 Å². The Labute approximate surface area is 178 Å². The molecule has 3 rings (SSSR count). The third kappa shape index (κ3) is 5.24. The van der Waals surface area contributed by atoms with E-state index in [-0.39, 0.29) is 11.3 Å². The number of nitro groups is 1. The monoisotopic (exact) mass is 426 g/mol. The van der Waals surface area contributed by atoms with Gasteiger partial charge < -0.3 is 9.84 Å². The zero-order chi connectivity index (χ0) is 21.7. The smallest absolute Gasteiger partial charge is 0.283 e. The number of aryl methyl sites for hydroxylation is 1. The van der Waals surface area contributed by atoms with Crippen LogP contribution in [0.5, 0.6) is 0 Å². The quantitative estimate of drug-likeness (QED) is 0.294. The number of nitrogens with one attached hydrogen (secondary N) is 1. The molecule has 0 bridgehead atoms. The maximum Gasteiger partial charge on any atom is 0.283 e. The lowest BCUT2D eigenvalue weighted by atomic mass is 10.1. The molecule has 0 aliphatic carbocycles. The van der Waals surface area contributed by atoms with Crippen molar-refractivity contribution in [2.24, 2.45) is 5.92 Å². The van der Waals surface area contributed by atoms with Gasteiger partial charge in [0, 0.05) is 24.1 Å². The minimum Gasteiger partial charge on any atom is -0.339 e. The molecule has 0 aliphatic rings. The predicted octanol–water partition coefficient (Wildman–Crippen LogP) is 5.34. The summed E-state index contributed by atoms with van der Waals surface area (Å²) in [5.41, 5.74) is 1.21. The van der Waals surface area contributed by atoms with Gasteiger partial charge in [0.2, 0.25) is 11.7 Å². The van der Waals surface area contributed by atoms with Crippen molar-refractivity contribution < 1.29 is 14.2 Å². The van der Waals surface area contributed by atoms with Crippen LogP contribution in [-0.2, 0) is 0 Å². The van der Waals surface area contributed by atoms with Crippen LogP contribution in [0, 0.1) is 23.0 Å². The highest BCUT2D eigenvalue weighted by atomic mass is 32.2. The Morgan fingerprint density at radius 3 is 2.70 bits per heavy atom. The number of aromatic nitrogens is 2. The largest absolute Gasteiger partial charge is 0.339 e. The van der Waals surface area contributed by atoms with Gasteiger partial charge in [0.1, 0.15) is 0 Å². The fraction of sp³-hybridized carbons (Fsp3) is 0.286. The first kappa shape index (κ1) is 21.5. The number of benzene rings is 2. The molecule has 0 aliphatic heterocycles. The SMILES string of the molecule is Cc1nc(-c2ccccc2NC(=O)c2ccc(SCCC(C)C)c([N+](=O)[O-])c2)no1. The third-order valence-corrected chi connectivity index (χ3v) is 5.41. The van der Waals surface area contributed by atoms with E-state index in [0.29, 0.717) is 33.8 Å². The van der Waals surface area contributed by atoms with Gasteiger partial charge in [0.25, 0.3) is 11.6 Å². The van der Waals surface area contributed by atoms with E-state index in [2.05, 4.69) is 29.3 Å². The summed E-state index contributed by atoms with van der Waals surface area (Å²) in [6, 6.07) is 11.6. The molecular formula is C21H22N4O4S. The summed E-state index contributed by atoms with van der Waals surface area (Å²) in [7, 11) is 0. The first-order valence-electron chi connectivity index (χ1n) is 9.47. The van der Waals surface area contributed by atoms with E-state index < -0.39 is 10.8 Å². The van der Waals surface area contributed by atoms with Gasteiger partial charge in [-0.2, -0.15) is 4.98 Å². The fourth-order valence-corrected chi connectivity index (χ4v) is 3.97. The van der Waals surface area contributed by atoms with Crippen molar-refractivity contribution in [1.82, 2.24) is 10.1 Å². The molecule has 156 valence electrons. The fourth-order valence-electron chi connectivity index (χ4n) is 2.72. The van der Waals surface area contributed by atoms with Crippen molar-refractivity contribution in [2.45, 2.75) is 32.1 Å². The van der Waals surface area contributed by atoms with Crippen LogP contribution in [0.3, 0.4) is 0 Å². The zero-order valence-corrected chi connectivity index (χ0v) is 17.7. The molecule has 0 unspecified atom stereocenters. The number of para-hydroxylation sites is 1. The first-order valence-corrected chi connectivity index (χ1v) is 10.5. The Morgan fingerprint density at radius 2 is 2.03 bits per heavy atom. The minimum atomic E-state index is -0.454. The van der Waals surface area contributed by atoms with Crippen LogP contribution in [0.25, 0.3) is 11.4 Å². The number of nitro benzene ring substituents is 1. The summed E-state index contributed by atoms with van der Waals surface area (Å²) in [6.45, 7) is 5.89. The second-order valence-corrected chi connectivity index (χ2v) is 8.24. The Morgan fingerprint density at radius 1 is 1.27 bits per heavy atom. The summed E-state index contributed by atoms with van der Waals surface area (Å²) in [5, 5.41) is 18.2. The highest BCUT2D eigenvalue weighted by molar-refractivity contribution is 7.99. The van der Waals surface area contributed by atoms with Gasteiger partial charge in [0.15, 0.2) is 0 Å². The van der Waals surface area contributed by atoms with Crippen LogP contribution in [-0.4, -0.2) is 26.7 Å². The molecule has 3 aromatic rings. The Bertz CT molecular complexity index is 1060. The number of hydrogen-bond donors (Lipinski definition) is 1. The Balaban J connectivity index is 1.82. The van der Waals surface area contributed by atoms with Crippen LogP contribution >= 0.6 is 11.8 Å².